The molecule has 220 valence electrons. The van der Waals surface area contributed by atoms with Gasteiger partial charge in [-0.25, -0.2) is 15.0 Å². The second kappa shape index (κ2) is 12.8. The van der Waals surface area contributed by atoms with E-state index in [1.54, 1.807) is 87.5 Å². The summed E-state index contributed by atoms with van der Waals surface area (Å²) in [6.45, 7) is 4.49. The molecule has 1 saturated heterocycles. The molecule has 0 radical (unpaired) electrons. The summed E-state index contributed by atoms with van der Waals surface area (Å²) in [4.78, 5) is 42.4. The molecule has 10 nitrogen and oxygen atoms in total. The highest BCUT2D eigenvalue weighted by atomic mass is 35.5. The zero-order valence-electron chi connectivity index (χ0n) is 22.6. The highest BCUT2D eigenvalue weighted by molar-refractivity contribution is 6.42. The molecule has 0 bridgehead atoms. The van der Waals surface area contributed by atoms with E-state index >= 15 is 0 Å². The first-order valence-corrected chi connectivity index (χ1v) is 14.0. The number of nitrogens with one attached hydrogen (secondary N) is 2. The summed E-state index contributed by atoms with van der Waals surface area (Å²) in [5.74, 6) is -0.609. The van der Waals surface area contributed by atoms with Crippen LogP contribution >= 0.6 is 46.4 Å². The predicted octanol–water partition coefficient (Wildman–Crippen LogP) is 7.11. The Morgan fingerprint density at radius 3 is 2.14 bits per heavy atom. The van der Waals surface area contributed by atoms with Gasteiger partial charge in [0.15, 0.2) is 6.17 Å². The molecular formula is C28H26Cl4N6O4. The monoisotopic (exact) mass is 650 g/mol. The SMILES string of the molecule is CC(=NNC(=O)CN1C(=O)N(c2ccc(Cl)cc2)C(N(O)C(=O)Nc2ccc(Cl)cc2)C1(C)C)c1ccc(Cl)c(Cl)c1. The summed E-state index contributed by atoms with van der Waals surface area (Å²) in [7, 11) is 0. The third kappa shape index (κ3) is 6.74. The van der Waals surface area contributed by atoms with Crippen LogP contribution in [0.2, 0.25) is 20.1 Å². The van der Waals surface area contributed by atoms with Crippen molar-refractivity contribution in [1.82, 2.24) is 15.4 Å². The minimum atomic E-state index is -1.28. The molecule has 1 fully saturated rings. The second-order valence-electron chi connectivity index (χ2n) is 9.89. The highest BCUT2D eigenvalue weighted by Crippen LogP contribution is 2.38. The minimum absolute atomic E-state index is 0.335. The first kappa shape index (κ1) is 31.4. The third-order valence-electron chi connectivity index (χ3n) is 6.64. The Labute approximate surface area is 262 Å². The van der Waals surface area contributed by atoms with Crippen molar-refractivity contribution in [3.63, 3.8) is 0 Å². The number of nitrogens with zero attached hydrogens (tertiary/aromatic N) is 4. The number of anilines is 2. The third-order valence-corrected chi connectivity index (χ3v) is 7.88. The lowest BCUT2D eigenvalue weighted by Crippen LogP contribution is -2.58. The van der Waals surface area contributed by atoms with Crippen LogP contribution in [-0.2, 0) is 4.79 Å². The molecule has 3 N–H and O–H groups in total. The van der Waals surface area contributed by atoms with Crippen LogP contribution in [0.4, 0.5) is 21.0 Å². The lowest BCUT2D eigenvalue weighted by atomic mass is 9.99. The van der Waals surface area contributed by atoms with Crippen LogP contribution in [0.1, 0.15) is 26.3 Å². The molecule has 0 aromatic heterocycles. The fraction of sp³-hybridized carbons (Fsp3) is 0.214. The maximum Gasteiger partial charge on any atom is 0.347 e. The van der Waals surface area contributed by atoms with Gasteiger partial charge < -0.3 is 10.2 Å². The van der Waals surface area contributed by atoms with Crippen LogP contribution in [0.15, 0.2) is 71.8 Å². The van der Waals surface area contributed by atoms with Gasteiger partial charge in [-0.3, -0.25) is 14.9 Å². The van der Waals surface area contributed by atoms with Crippen molar-refractivity contribution in [1.29, 1.82) is 0 Å². The van der Waals surface area contributed by atoms with Gasteiger partial charge in [-0.05, 0) is 87.0 Å². The maximum atomic E-state index is 13.8. The smallest absolute Gasteiger partial charge is 0.306 e. The van der Waals surface area contributed by atoms with Gasteiger partial charge >= 0.3 is 12.1 Å². The number of amides is 5. The zero-order chi connectivity index (χ0) is 30.8. The number of hydrogen-bond acceptors (Lipinski definition) is 5. The average Bonchev–Trinajstić information content (AvgIpc) is 3.14. The summed E-state index contributed by atoms with van der Waals surface area (Å²) in [5, 5.41) is 19.9. The molecule has 14 heteroatoms. The summed E-state index contributed by atoms with van der Waals surface area (Å²) in [6.07, 6.45) is -1.26. The molecule has 1 unspecified atom stereocenters. The van der Waals surface area contributed by atoms with Gasteiger partial charge in [-0.1, -0.05) is 52.5 Å². The molecule has 0 aliphatic carbocycles. The Balaban J connectivity index is 1.59. The number of benzene rings is 3. The van der Waals surface area contributed by atoms with Crippen molar-refractivity contribution in [3.8, 4) is 0 Å². The van der Waals surface area contributed by atoms with Gasteiger partial charge in [0.05, 0.1) is 21.3 Å². The Bertz CT molecular complexity index is 1530. The van der Waals surface area contributed by atoms with Crippen molar-refractivity contribution in [2.75, 3.05) is 16.8 Å². The number of urea groups is 2. The standard InChI is InChI=1S/C28H26Cl4N6O4/c1-16(17-4-13-22(31)23(32)14-17)34-35-24(39)15-36-27(41)37(21-11-7-19(30)8-12-21)25(28(36,2)3)38(42)26(40)33-20-9-5-18(29)6-10-20/h4-14,25,42H,15H2,1-3H3,(H,33,40)(H,35,39). The van der Waals surface area contributed by atoms with Crippen LogP contribution in [0.3, 0.4) is 0 Å². The predicted molar refractivity (Wildman–Crippen MR) is 165 cm³/mol. The van der Waals surface area contributed by atoms with Crippen LogP contribution in [0.25, 0.3) is 0 Å². The molecule has 5 amide bonds. The van der Waals surface area contributed by atoms with Crippen molar-refractivity contribution in [3.05, 3.63) is 92.4 Å². The van der Waals surface area contributed by atoms with Gasteiger partial charge in [0.25, 0.3) is 5.91 Å². The number of hydrazone groups is 1. The van der Waals surface area contributed by atoms with E-state index in [1.165, 1.54) is 9.80 Å². The number of halogens is 4. The molecule has 1 aliphatic rings. The lowest BCUT2D eigenvalue weighted by Gasteiger charge is -2.38. The molecule has 3 aromatic carbocycles. The molecule has 3 aromatic rings. The first-order valence-electron chi connectivity index (χ1n) is 12.5. The van der Waals surface area contributed by atoms with E-state index < -0.39 is 36.2 Å². The van der Waals surface area contributed by atoms with Crippen molar-refractivity contribution in [2.24, 2.45) is 5.10 Å². The van der Waals surface area contributed by atoms with Gasteiger partial charge in [0, 0.05) is 21.4 Å². The molecule has 0 saturated carbocycles. The number of carbonyl (C=O) groups is 3. The van der Waals surface area contributed by atoms with E-state index in [0.29, 0.717) is 47.8 Å². The van der Waals surface area contributed by atoms with Gasteiger partial charge in [0.2, 0.25) is 0 Å². The second-order valence-corrected chi connectivity index (χ2v) is 11.6. The molecule has 1 heterocycles. The number of rotatable bonds is 7. The van der Waals surface area contributed by atoms with Gasteiger partial charge in [-0.15, -0.1) is 0 Å². The zero-order valence-corrected chi connectivity index (χ0v) is 25.6. The fourth-order valence-electron chi connectivity index (χ4n) is 4.41. The summed E-state index contributed by atoms with van der Waals surface area (Å²) < 4.78 is 0. The molecule has 4 rings (SSSR count). The lowest BCUT2D eigenvalue weighted by molar-refractivity contribution is -0.124. The molecule has 1 atom stereocenters. The summed E-state index contributed by atoms with van der Waals surface area (Å²) >= 11 is 24.0. The van der Waals surface area contributed by atoms with Crippen LogP contribution in [0.5, 0.6) is 0 Å². The minimum Gasteiger partial charge on any atom is -0.306 e. The van der Waals surface area contributed by atoms with Gasteiger partial charge in [0.1, 0.15) is 6.54 Å². The van der Waals surface area contributed by atoms with Crippen LogP contribution in [-0.4, -0.2) is 57.1 Å². The normalized spacial score (nSPS) is 16.4. The topological polar surface area (TPSA) is 118 Å². The van der Waals surface area contributed by atoms with Crippen molar-refractivity contribution >= 4 is 81.5 Å². The van der Waals surface area contributed by atoms with E-state index in [4.69, 9.17) is 46.4 Å². The summed E-state index contributed by atoms with van der Waals surface area (Å²) in [6, 6.07) is 15.9. The van der Waals surface area contributed by atoms with Crippen LogP contribution < -0.4 is 15.6 Å². The van der Waals surface area contributed by atoms with Gasteiger partial charge in [-0.2, -0.15) is 10.2 Å². The number of carbonyl (C=O) groups excluding carboxylic acids is 3. The van der Waals surface area contributed by atoms with Crippen molar-refractivity contribution < 1.29 is 19.6 Å². The van der Waals surface area contributed by atoms with Crippen molar-refractivity contribution in [2.45, 2.75) is 32.5 Å². The molecular weight excluding hydrogens is 626 g/mol. The largest absolute Gasteiger partial charge is 0.347 e. The van der Waals surface area contributed by atoms with Crippen LogP contribution in [0, 0.1) is 0 Å². The number of hydroxylamine groups is 2. The quantitative estimate of drug-likeness (QED) is 0.143. The Morgan fingerprint density at radius 1 is 0.952 bits per heavy atom. The summed E-state index contributed by atoms with van der Waals surface area (Å²) in [5.41, 5.74) is 2.97. The average molecular weight is 652 g/mol. The Kier molecular flexibility index (Phi) is 9.54. The van der Waals surface area contributed by atoms with E-state index in [9.17, 15) is 19.6 Å². The fourth-order valence-corrected chi connectivity index (χ4v) is 4.96. The number of hydrogen-bond donors (Lipinski definition) is 3. The highest BCUT2D eigenvalue weighted by Gasteiger charge is 2.56. The maximum absolute atomic E-state index is 13.8. The first-order chi connectivity index (χ1) is 19.8. The molecule has 0 spiro atoms. The Morgan fingerprint density at radius 2 is 1.55 bits per heavy atom. The van der Waals surface area contributed by atoms with E-state index in [2.05, 4.69) is 15.8 Å². The molecule has 1 aliphatic heterocycles. The van der Waals surface area contributed by atoms with E-state index in [-0.39, 0.29) is 0 Å². The van der Waals surface area contributed by atoms with E-state index in [0.717, 1.165) is 0 Å². The molecule has 42 heavy (non-hydrogen) atoms. The Hall–Kier alpha value is -3.54. The van der Waals surface area contributed by atoms with E-state index in [1.807, 2.05) is 0 Å².